The molecule has 0 aromatic heterocycles. The highest BCUT2D eigenvalue weighted by Crippen LogP contribution is 2.34. The molecular weight excluding hydrogens is 258 g/mol. The summed E-state index contributed by atoms with van der Waals surface area (Å²) >= 11 is 0. The number of rotatable bonds is 4. The molecule has 0 amide bonds. The Kier molecular flexibility index (Phi) is 4.17. The zero-order valence-electron chi connectivity index (χ0n) is 13.5. The van der Waals surface area contributed by atoms with Crippen molar-refractivity contribution in [3.05, 3.63) is 34.9 Å². The second-order valence-corrected chi connectivity index (χ2v) is 7.04. The van der Waals surface area contributed by atoms with Crippen molar-refractivity contribution in [2.24, 2.45) is 0 Å². The third kappa shape index (κ3) is 2.78. The highest BCUT2D eigenvalue weighted by molar-refractivity contribution is 5.90. The van der Waals surface area contributed by atoms with Crippen LogP contribution in [-0.2, 0) is 24.1 Å². The first-order chi connectivity index (χ1) is 10.1. The van der Waals surface area contributed by atoms with Crippen LogP contribution in [0.15, 0.2) is 18.2 Å². The van der Waals surface area contributed by atoms with E-state index in [9.17, 15) is 4.79 Å². The van der Waals surface area contributed by atoms with E-state index in [-0.39, 0.29) is 5.54 Å². The lowest BCUT2D eigenvalue weighted by Crippen LogP contribution is -2.53. The van der Waals surface area contributed by atoms with Gasteiger partial charge in [0, 0.05) is 6.42 Å². The van der Waals surface area contributed by atoms with E-state index in [1.807, 2.05) is 0 Å². The van der Waals surface area contributed by atoms with E-state index >= 15 is 0 Å². The standard InChI is InChI=1S/C19H27NO/c1-20(2)19(11-4-3-5-12-19)18(21)14-15-9-10-16-7-6-8-17(16)13-15/h9-10,13H,3-8,11-12,14H2,1-2H3. The monoisotopic (exact) mass is 285 g/mol. The average molecular weight is 285 g/mol. The zero-order chi connectivity index (χ0) is 14.9. The van der Waals surface area contributed by atoms with Gasteiger partial charge in [-0.25, -0.2) is 0 Å². The SMILES string of the molecule is CN(C)C1(C(=O)Cc2ccc3c(c2)CCC3)CCCCC1. The molecule has 21 heavy (non-hydrogen) atoms. The first-order valence-electron chi connectivity index (χ1n) is 8.43. The summed E-state index contributed by atoms with van der Waals surface area (Å²) in [5.41, 5.74) is 3.97. The number of carbonyl (C=O) groups excluding carboxylic acids is 1. The van der Waals surface area contributed by atoms with Gasteiger partial charge in [0.15, 0.2) is 5.78 Å². The van der Waals surface area contributed by atoms with Gasteiger partial charge in [-0.2, -0.15) is 0 Å². The summed E-state index contributed by atoms with van der Waals surface area (Å²) in [4.78, 5) is 15.2. The van der Waals surface area contributed by atoms with Gasteiger partial charge in [-0.05, 0) is 62.9 Å². The molecule has 1 aromatic rings. The lowest BCUT2D eigenvalue weighted by atomic mass is 9.76. The van der Waals surface area contributed by atoms with Crippen LogP contribution in [-0.4, -0.2) is 30.3 Å². The minimum Gasteiger partial charge on any atom is -0.297 e. The minimum atomic E-state index is -0.211. The van der Waals surface area contributed by atoms with Crippen LogP contribution >= 0.6 is 0 Å². The molecule has 2 heteroatoms. The van der Waals surface area contributed by atoms with Crippen molar-refractivity contribution < 1.29 is 4.79 Å². The van der Waals surface area contributed by atoms with Gasteiger partial charge < -0.3 is 0 Å². The molecule has 1 saturated carbocycles. The highest BCUT2D eigenvalue weighted by Gasteiger charge is 2.40. The summed E-state index contributed by atoms with van der Waals surface area (Å²) in [6, 6.07) is 6.70. The Morgan fingerprint density at radius 1 is 1.05 bits per heavy atom. The zero-order valence-corrected chi connectivity index (χ0v) is 13.5. The molecular formula is C19H27NO. The normalized spacial score (nSPS) is 20.5. The molecule has 0 unspecified atom stereocenters. The molecule has 2 aliphatic carbocycles. The fourth-order valence-electron chi connectivity index (χ4n) is 4.20. The second kappa shape index (κ2) is 5.92. The van der Waals surface area contributed by atoms with Crippen molar-refractivity contribution in [2.45, 2.75) is 63.3 Å². The van der Waals surface area contributed by atoms with Crippen molar-refractivity contribution in [1.82, 2.24) is 4.90 Å². The largest absolute Gasteiger partial charge is 0.297 e. The molecule has 1 fully saturated rings. The van der Waals surface area contributed by atoms with Crippen molar-refractivity contribution in [1.29, 1.82) is 0 Å². The third-order valence-corrected chi connectivity index (χ3v) is 5.58. The quantitative estimate of drug-likeness (QED) is 0.843. The van der Waals surface area contributed by atoms with Crippen LogP contribution in [0, 0.1) is 0 Å². The van der Waals surface area contributed by atoms with Crippen LogP contribution < -0.4 is 0 Å². The number of hydrogen-bond acceptors (Lipinski definition) is 2. The molecule has 0 spiro atoms. The van der Waals surface area contributed by atoms with Gasteiger partial charge in [0.25, 0.3) is 0 Å². The van der Waals surface area contributed by atoms with Gasteiger partial charge in [-0.1, -0.05) is 37.5 Å². The van der Waals surface area contributed by atoms with Crippen LogP contribution in [0.5, 0.6) is 0 Å². The molecule has 0 radical (unpaired) electrons. The molecule has 0 aliphatic heterocycles. The van der Waals surface area contributed by atoms with Crippen LogP contribution in [0.1, 0.15) is 55.2 Å². The Hall–Kier alpha value is -1.15. The Morgan fingerprint density at radius 3 is 2.48 bits per heavy atom. The smallest absolute Gasteiger partial charge is 0.157 e. The van der Waals surface area contributed by atoms with Gasteiger partial charge in [0.05, 0.1) is 5.54 Å². The van der Waals surface area contributed by atoms with Gasteiger partial charge in [-0.15, -0.1) is 0 Å². The van der Waals surface area contributed by atoms with E-state index in [2.05, 4.69) is 37.2 Å². The Balaban J connectivity index is 1.78. The van der Waals surface area contributed by atoms with E-state index in [0.29, 0.717) is 12.2 Å². The molecule has 1 aromatic carbocycles. The number of benzene rings is 1. The highest BCUT2D eigenvalue weighted by atomic mass is 16.1. The summed E-state index contributed by atoms with van der Waals surface area (Å²) in [5.74, 6) is 0.421. The third-order valence-electron chi connectivity index (χ3n) is 5.58. The number of nitrogens with zero attached hydrogens (tertiary/aromatic N) is 1. The van der Waals surface area contributed by atoms with Crippen LogP contribution in [0.25, 0.3) is 0 Å². The van der Waals surface area contributed by atoms with Crippen molar-refractivity contribution in [3.63, 3.8) is 0 Å². The molecule has 2 nitrogen and oxygen atoms in total. The molecule has 0 atom stereocenters. The molecule has 114 valence electrons. The number of aryl methyl sites for hydroxylation is 2. The van der Waals surface area contributed by atoms with E-state index in [4.69, 9.17) is 0 Å². The lowest BCUT2D eigenvalue weighted by Gasteiger charge is -2.41. The fourth-order valence-corrected chi connectivity index (χ4v) is 4.20. The van der Waals surface area contributed by atoms with E-state index < -0.39 is 0 Å². The van der Waals surface area contributed by atoms with Crippen molar-refractivity contribution in [3.8, 4) is 0 Å². The summed E-state index contributed by atoms with van der Waals surface area (Å²) in [5, 5.41) is 0. The summed E-state index contributed by atoms with van der Waals surface area (Å²) in [6.07, 6.45) is 10.00. The first kappa shape index (κ1) is 14.8. The lowest BCUT2D eigenvalue weighted by molar-refractivity contribution is -0.131. The van der Waals surface area contributed by atoms with Gasteiger partial charge >= 0.3 is 0 Å². The molecule has 0 saturated heterocycles. The molecule has 0 bridgehead atoms. The maximum atomic E-state index is 13.0. The summed E-state index contributed by atoms with van der Waals surface area (Å²) in [7, 11) is 4.15. The maximum absolute atomic E-state index is 13.0. The molecule has 3 rings (SSSR count). The summed E-state index contributed by atoms with van der Waals surface area (Å²) < 4.78 is 0. The second-order valence-electron chi connectivity index (χ2n) is 7.04. The number of likely N-dealkylation sites (N-methyl/N-ethyl adjacent to an activating group) is 1. The number of ketones is 1. The summed E-state index contributed by atoms with van der Waals surface area (Å²) in [6.45, 7) is 0. The van der Waals surface area contributed by atoms with Gasteiger partial charge in [0.2, 0.25) is 0 Å². The van der Waals surface area contributed by atoms with Crippen molar-refractivity contribution >= 4 is 5.78 Å². The molecule has 2 aliphatic rings. The Labute approximate surface area is 128 Å². The first-order valence-corrected chi connectivity index (χ1v) is 8.43. The van der Waals surface area contributed by atoms with E-state index in [1.54, 1.807) is 0 Å². The number of Topliss-reactive ketones (excluding diaryl/α,β-unsaturated/α-hetero) is 1. The topological polar surface area (TPSA) is 20.3 Å². The van der Waals surface area contributed by atoms with E-state index in [0.717, 1.165) is 12.8 Å². The minimum absolute atomic E-state index is 0.211. The van der Waals surface area contributed by atoms with Crippen LogP contribution in [0.4, 0.5) is 0 Å². The average Bonchev–Trinajstić information content (AvgIpc) is 2.95. The number of hydrogen-bond donors (Lipinski definition) is 0. The number of fused-ring (bicyclic) bond motifs is 1. The molecule has 0 heterocycles. The fraction of sp³-hybridized carbons (Fsp3) is 0.632. The number of carbonyl (C=O) groups is 1. The Bertz CT molecular complexity index is 526. The van der Waals surface area contributed by atoms with Crippen molar-refractivity contribution in [2.75, 3.05) is 14.1 Å². The predicted octanol–water partition coefficient (Wildman–Crippen LogP) is 3.55. The Morgan fingerprint density at radius 2 is 1.76 bits per heavy atom. The van der Waals surface area contributed by atoms with Gasteiger partial charge in [0.1, 0.15) is 0 Å². The van der Waals surface area contributed by atoms with Gasteiger partial charge in [-0.3, -0.25) is 9.69 Å². The van der Waals surface area contributed by atoms with E-state index in [1.165, 1.54) is 55.2 Å². The van der Waals surface area contributed by atoms with Crippen LogP contribution in [0.3, 0.4) is 0 Å². The predicted molar refractivity (Wildman–Crippen MR) is 86.7 cm³/mol. The van der Waals surface area contributed by atoms with Crippen LogP contribution in [0.2, 0.25) is 0 Å². The molecule has 0 N–H and O–H groups in total. The maximum Gasteiger partial charge on any atom is 0.157 e.